The van der Waals surface area contributed by atoms with Crippen LogP contribution in [0.1, 0.15) is 30.5 Å². The highest BCUT2D eigenvalue weighted by Gasteiger charge is 2.35. The first-order valence-corrected chi connectivity index (χ1v) is 14.5. The van der Waals surface area contributed by atoms with E-state index in [1.807, 2.05) is 24.3 Å². The van der Waals surface area contributed by atoms with Crippen molar-refractivity contribution in [3.05, 3.63) is 53.0 Å². The fraction of sp³-hybridized carbons (Fsp3) is 0.348. The van der Waals surface area contributed by atoms with Crippen LogP contribution in [0.3, 0.4) is 0 Å². The number of carbonyl (C=O) groups is 1. The van der Waals surface area contributed by atoms with E-state index in [9.17, 15) is 13.2 Å². The highest BCUT2D eigenvalue weighted by Crippen LogP contribution is 2.34. The van der Waals surface area contributed by atoms with Gasteiger partial charge < -0.3 is 5.32 Å². The summed E-state index contributed by atoms with van der Waals surface area (Å²) in [5, 5.41) is 10.4. The van der Waals surface area contributed by atoms with Gasteiger partial charge in [0, 0.05) is 18.7 Å². The number of hydrogen-bond acceptors (Lipinski definition) is 7. The molecule has 2 aliphatic rings. The standard InChI is InChI=1S/C23H23N5O3S3/c29-22(15-6-4-12-27(14-15)34(30,31)20-11-5-13-32-20)25-21-16-7-3-9-17(16)26-28(21)23-24-18-8-1-2-10-19(18)33-23/h1-2,5,8,10-11,13,15H,3-4,6-7,9,12,14H2,(H,25,29). The molecule has 0 bridgehead atoms. The van der Waals surface area contributed by atoms with E-state index in [2.05, 4.69) is 5.32 Å². The largest absolute Gasteiger partial charge is 0.310 e. The minimum absolute atomic E-state index is 0.164. The summed E-state index contributed by atoms with van der Waals surface area (Å²) in [5.41, 5.74) is 2.96. The molecule has 1 unspecified atom stereocenters. The first-order valence-electron chi connectivity index (χ1n) is 11.3. The number of thiophene rings is 1. The van der Waals surface area contributed by atoms with Crippen LogP contribution in [-0.4, -0.2) is 46.5 Å². The molecule has 1 aliphatic heterocycles. The molecule has 0 radical (unpaired) electrons. The van der Waals surface area contributed by atoms with Crippen LogP contribution in [0.2, 0.25) is 0 Å². The maximum Gasteiger partial charge on any atom is 0.252 e. The van der Waals surface area contributed by atoms with Gasteiger partial charge in [0.2, 0.25) is 11.0 Å². The number of amides is 1. The molecule has 3 aromatic heterocycles. The van der Waals surface area contributed by atoms with Gasteiger partial charge in [-0.15, -0.1) is 11.3 Å². The third-order valence-electron chi connectivity index (χ3n) is 6.46. The third-order valence-corrected chi connectivity index (χ3v) is 10.7. The Labute approximate surface area is 205 Å². The number of anilines is 1. The van der Waals surface area contributed by atoms with Crippen LogP contribution in [0, 0.1) is 5.92 Å². The Bertz CT molecular complexity index is 1440. The van der Waals surface area contributed by atoms with E-state index < -0.39 is 15.9 Å². The molecule has 176 valence electrons. The van der Waals surface area contributed by atoms with Gasteiger partial charge in [0.05, 0.1) is 21.8 Å². The zero-order valence-electron chi connectivity index (χ0n) is 18.3. The molecule has 8 nitrogen and oxygen atoms in total. The number of nitrogens with zero attached hydrogens (tertiary/aromatic N) is 4. The predicted octanol–water partition coefficient (Wildman–Crippen LogP) is 4.07. The summed E-state index contributed by atoms with van der Waals surface area (Å²) in [6.45, 7) is 0.618. The van der Waals surface area contributed by atoms with Crippen molar-refractivity contribution in [3.63, 3.8) is 0 Å². The third kappa shape index (κ3) is 3.76. The Hall–Kier alpha value is -2.60. The van der Waals surface area contributed by atoms with E-state index in [4.69, 9.17) is 10.1 Å². The van der Waals surface area contributed by atoms with E-state index in [0.717, 1.165) is 45.9 Å². The summed E-state index contributed by atoms with van der Waals surface area (Å²) in [5.74, 6) is 0.0945. The number of fused-ring (bicyclic) bond motifs is 2. The van der Waals surface area contributed by atoms with E-state index in [1.54, 1.807) is 22.2 Å². The molecular weight excluding hydrogens is 490 g/mol. The number of sulfonamides is 1. The molecule has 6 rings (SSSR count). The van der Waals surface area contributed by atoms with Crippen molar-refractivity contribution in [1.29, 1.82) is 0 Å². The van der Waals surface area contributed by atoms with Gasteiger partial charge in [-0.3, -0.25) is 4.79 Å². The molecule has 0 spiro atoms. The molecule has 34 heavy (non-hydrogen) atoms. The summed E-state index contributed by atoms with van der Waals surface area (Å²) in [6, 6.07) is 11.3. The number of benzene rings is 1. The van der Waals surface area contributed by atoms with E-state index in [0.29, 0.717) is 29.4 Å². The summed E-state index contributed by atoms with van der Waals surface area (Å²) < 4.78 is 30.6. The number of thiazole rings is 1. The number of rotatable bonds is 5. The van der Waals surface area contributed by atoms with Gasteiger partial charge in [-0.05, 0) is 55.7 Å². The molecule has 1 amide bonds. The lowest BCUT2D eigenvalue weighted by Crippen LogP contribution is -2.43. The summed E-state index contributed by atoms with van der Waals surface area (Å²) in [6.07, 6.45) is 4.06. The topological polar surface area (TPSA) is 97.2 Å². The van der Waals surface area contributed by atoms with Crippen molar-refractivity contribution in [3.8, 4) is 5.13 Å². The van der Waals surface area contributed by atoms with Crippen LogP contribution in [0.4, 0.5) is 5.82 Å². The van der Waals surface area contributed by atoms with Crippen molar-refractivity contribution in [2.24, 2.45) is 5.92 Å². The number of hydrogen-bond donors (Lipinski definition) is 1. The van der Waals surface area contributed by atoms with Gasteiger partial charge in [-0.1, -0.05) is 29.5 Å². The summed E-state index contributed by atoms with van der Waals surface area (Å²) in [7, 11) is -3.58. The van der Waals surface area contributed by atoms with Crippen molar-refractivity contribution < 1.29 is 13.2 Å². The maximum atomic E-state index is 13.4. The SMILES string of the molecule is O=C(Nc1c2c(nn1-c1nc3ccccc3s1)CCC2)C1CCCN(S(=O)(=O)c2cccs2)C1. The molecule has 4 aromatic rings. The van der Waals surface area contributed by atoms with Crippen LogP contribution in [-0.2, 0) is 27.7 Å². The molecule has 1 aromatic carbocycles. The van der Waals surface area contributed by atoms with E-state index in [-0.39, 0.29) is 12.5 Å². The summed E-state index contributed by atoms with van der Waals surface area (Å²) >= 11 is 2.74. The number of para-hydroxylation sites is 1. The Morgan fingerprint density at radius 3 is 2.82 bits per heavy atom. The lowest BCUT2D eigenvalue weighted by molar-refractivity contribution is -0.120. The highest BCUT2D eigenvalue weighted by atomic mass is 32.2. The molecule has 4 heterocycles. The highest BCUT2D eigenvalue weighted by molar-refractivity contribution is 7.91. The average Bonchev–Trinajstić information content (AvgIpc) is 3.63. The second-order valence-corrected chi connectivity index (χ2v) is 12.7. The number of aromatic nitrogens is 3. The normalized spacial score (nSPS) is 18.9. The van der Waals surface area contributed by atoms with E-state index in [1.165, 1.54) is 27.0 Å². The van der Waals surface area contributed by atoms with Crippen molar-refractivity contribution >= 4 is 54.6 Å². The van der Waals surface area contributed by atoms with Gasteiger partial charge in [-0.25, -0.2) is 13.4 Å². The molecule has 1 atom stereocenters. The monoisotopic (exact) mass is 513 g/mol. The first kappa shape index (κ1) is 21.9. The summed E-state index contributed by atoms with van der Waals surface area (Å²) in [4.78, 5) is 18.1. The smallest absolute Gasteiger partial charge is 0.252 e. The van der Waals surface area contributed by atoms with Gasteiger partial charge in [0.1, 0.15) is 10.0 Å². The van der Waals surface area contributed by atoms with Gasteiger partial charge >= 0.3 is 0 Å². The van der Waals surface area contributed by atoms with E-state index >= 15 is 0 Å². The Morgan fingerprint density at radius 2 is 2.00 bits per heavy atom. The van der Waals surface area contributed by atoms with Crippen molar-refractivity contribution in [1.82, 2.24) is 19.1 Å². The van der Waals surface area contributed by atoms with Crippen LogP contribution in [0.15, 0.2) is 46.0 Å². The Kier molecular flexibility index (Phi) is 5.51. The van der Waals surface area contributed by atoms with Crippen molar-refractivity contribution in [2.45, 2.75) is 36.3 Å². The average molecular weight is 514 g/mol. The number of nitrogens with one attached hydrogen (secondary N) is 1. The molecule has 1 saturated heterocycles. The lowest BCUT2D eigenvalue weighted by Gasteiger charge is -2.30. The Balaban J connectivity index is 1.28. The van der Waals surface area contributed by atoms with Crippen LogP contribution < -0.4 is 5.32 Å². The van der Waals surface area contributed by atoms with Gasteiger partial charge in [0.25, 0.3) is 10.0 Å². The molecule has 0 saturated carbocycles. The second kappa shape index (κ2) is 8.56. The fourth-order valence-electron chi connectivity index (χ4n) is 4.74. The number of aryl methyl sites for hydroxylation is 1. The molecule has 1 fully saturated rings. The molecule has 11 heteroatoms. The van der Waals surface area contributed by atoms with Crippen LogP contribution >= 0.6 is 22.7 Å². The zero-order chi connectivity index (χ0) is 23.3. The van der Waals surface area contributed by atoms with Gasteiger partial charge in [0.15, 0.2) is 0 Å². The molecule has 1 N–H and O–H groups in total. The molecular formula is C23H23N5O3S3. The van der Waals surface area contributed by atoms with Crippen molar-refractivity contribution in [2.75, 3.05) is 18.4 Å². The predicted molar refractivity (Wildman–Crippen MR) is 133 cm³/mol. The minimum atomic E-state index is -3.58. The Morgan fingerprint density at radius 1 is 1.12 bits per heavy atom. The number of carbonyl (C=O) groups excluding carboxylic acids is 1. The van der Waals surface area contributed by atoms with Crippen LogP contribution in [0.5, 0.6) is 0 Å². The zero-order valence-corrected chi connectivity index (χ0v) is 20.8. The van der Waals surface area contributed by atoms with Gasteiger partial charge in [-0.2, -0.15) is 14.1 Å². The first-order chi connectivity index (χ1) is 16.5. The maximum absolute atomic E-state index is 13.4. The van der Waals surface area contributed by atoms with Crippen LogP contribution in [0.25, 0.3) is 15.3 Å². The quantitative estimate of drug-likeness (QED) is 0.434. The minimum Gasteiger partial charge on any atom is -0.310 e. The lowest BCUT2D eigenvalue weighted by atomic mass is 9.99. The fourth-order valence-corrected chi connectivity index (χ4v) is 8.33. The molecule has 1 aliphatic carbocycles. The number of piperidine rings is 1. The second-order valence-electron chi connectivity index (χ2n) is 8.63.